The van der Waals surface area contributed by atoms with E-state index in [4.69, 9.17) is 17.0 Å². The van der Waals surface area contributed by atoms with Crippen molar-refractivity contribution in [2.45, 2.75) is 56.5 Å². The molecule has 198 valence electrons. The zero-order valence-electron chi connectivity index (χ0n) is 23.2. The quantitative estimate of drug-likeness (QED) is 0.150. The Hall–Kier alpha value is -1.70. The molecule has 0 bridgehead atoms. The first-order chi connectivity index (χ1) is 19.0. The molecule has 0 fully saturated rings. The summed E-state index contributed by atoms with van der Waals surface area (Å²) in [5.41, 5.74) is 12.6. The molecule has 6 rings (SSSR count). The summed E-state index contributed by atoms with van der Waals surface area (Å²) in [5.74, 6) is 0. The van der Waals surface area contributed by atoms with Gasteiger partial charge in [-0.1, -0.05) is 0 Å². The van der Waals surface area contributed by atoms with E-state index in [1.165, 1.54) is 76.6 Å². The molecule has 0 nitrogen and oxygen atoms in total. The summed E-state index contributed by atoms with van der Waals surface area (Å²) in [6, 6.07) is 29.4. The summed E-state index contributed by atoms with van der Waals surface area (Å²) in [4.78, 5) is 0. The average Bonchev–Trinajstić information content (AvgIpc) is 3.54. The number of unbranched alkanes of at least 4 members (excludes halogenated alkanes) is 1. The summed E-state index contributed by atoms with van der Waals surface area (Å²) >= 11 is -3.96. The van der Waals surface area contributed by atoms with Crippen molar-refractivity contribution in [1.82, 2.24) is 0 Å². The van der Waals surface area contributed by atoms with Crippen LogP contribution in [-0.4, -0.2) is 9.52 Å². The molecule has 0 aromatic heterocycles. The van der Waals surface area contributed by atoms with Crippen LogP contribution >= 0.6 is 17.0 Å². The Bertz CT molecular complexity index is 1590. The van der Waals surface area contributed by atoms with E-state index in [-0.39, 0.29) is 3.63 Å². The van der Waals surface area contributed by atoms with Gasteiger partial charge >= 0.3 is 250 Å². The van der Waals surface area contributed by atoms with Crippen molar-refractivity contribution in [2.75, 3.05) is 0 Å². The second kappa shape index (κ2) is 11.3. The average molecular weight is 647 g/mol. The summed E-state index contributed by atoms with van der Waals surface area (Å²) in [6.45, 7) is 6.81. The van der Waals surface area contributed by atoms with Crippen LogP contribution in [0, 0.1) is 0 Å². The van der Waals surface area contributed by atoms with Gasteiger partial charge in [-0.15, -0.1) is 0 Å². The van der Waals surface area contributed by atoms with Crippen molar-refractivity contribution < 1.29 is 17.9 Å². The molecule has 0 saturated carbocycles. The molecule has 4 aromatic rings. The Balaban J connectivity index is 1.54. The van der Waals surface area contributed by atoms with Gasteiger partial charge in [0.1, 0.15) is 0 Å². The molecule has 39 heavy (non-hydrogen) atoms. The van der Waals surface area contributed by atoms with Crippen molar-refractivity contribution >= 4 is 46.3 Å². The fraction of sp³-hybridized carbons (Fsp3) is 0.257. The van der Waals surface area contributed by atoms with Crippen LogP contribution in [0.2, 0.25) is 0 Å². The molecule has 0 saturated heterocycles. The van der Waals surface area contributed by atoms with Crippen LogP contribution in [0.25, 0.3) is 28.3 Å². The predicted octanol–water partition coefficient (Wildman–Crippen LogP) is 7.99. The van der Waals surface area contributed by atoms with Gasteiger partial charge in [-0.2, -0.15) is 0 Å². The third kappa shape index (κ3) is 4.70. The number of halogens is 2. The number of fused-ring (bicyclic) bond motifs is 4. The molecule has 0 radical (unpaired) electrons. The molecule has 0 amide bonds. The van der Waals surface area contributed by atoms with Gasteiger partial charge in [0.2, 0.25) is 0 Å². The van der Waals surface area contributed by atoms with E-state index in [2.05, 4.69) is 106 Å². The molecule has 1 unspecified atom stereocenters. The van der Waals surface area contributed by atoms with E-state index < -0.39 is 27.4 Å². The fourth-order valence-corrected chi connectivity index (χ4v) is 23.8. The minimum absolute atomic E-state index is 0.145. The maximum absolute atomic E-state index is 7.88. The van der Waals surface area contributed by atoms with Gasteiger partial charge in [0.25, 0.3) is 0 Å². The van der Waals surface area contributed by atoms with Gasteiger partial charge in [0.15, 0.2) is 0 Å². The molecule has 0 N–H and O–H groups in total. The van der Waals surface area contributed by atoms with Crippen molar-refractivity contribution in [1.29, 1.82) is 0 Å². The van der Waals surface area contributed by atoms with Crippen LogP contribution in [-0.2, 0) is 30.7 Å². The third-order valence-electron chi connectivity index (χ3n) is 8.82. The van der Waals surface area contributed by atoms with Gasteiger partial charge in [-0.25, -0.2) is 0 Å². The van der Waals surface area contributed by atoms with E-state index in [0.29, 0.717) is 0 Å². The minimum atomic E-state index is -3.96. The molecule has 1 aliphatic heterocycles. The molecular weight excluding hydrogens is 611 g/mol. The van der Waals surface area contributed by atoms with Crippen LogP contribution in [0.3, 0.4) is 0 Å². The van der Waals surface area contributed by atoms with Crippen LogP contribution < -0.4 is 13.6 Å². The Morgan fingerprint density at radius 2 is 1.46 bits per heavy atom. The number of allylic oxidation sites excluding steroid dienone is 1. The van der Waals surface area contributed by atoms with E-state index in [1.54, 1.807) is 0 Å². The van der Waals surface area contributed by atoms with Crippen LogP contribution in [0.4, 0.5) is 0 Å². The van der Waals surface area contributed by atoms with Gasteiger partial charge in [-0.3, -0.25) is 0 Å². The zero-order chi connectivity index (χ0) is 27.1. The number of rotatable bonds is 8. The fourth-order valence-electron chi connectivity index (χ4n) is 6.89. The number of aryl methyl sites for hydroxylation is 2. The first-order valence-corrected chi connectivity index (χ1v) is 24.9. The second-order valence-electron chi connectivity index (χ2n) is 11.0. The van der Waals surface area contributed by atoms with Crippen molar-refractivity contribution in [3.05, 3.63) is 107 Å². The van der Waals surface area contributed by atoms with Gasteiger partial charge < -0.3 is 0 Å². The molecule has 2 aliphatic rings. The van der Waals surface area contributed by atoms with Crippen molar-refractivity contribution in [2.24, 2.45) is 0 Å². The van der Waals surface area contributed by atoms with E-state index in [9.17, 15) is 0 Å². The molecule has 1 heterocycles. The third-order valence-corrected chi connectivity index (χ3v) is 23.2. The first-order valence-electron chi connectivity index (χ1n) is 14.5. The van der Waals surface area contributed by atoms with Gasteiger partial charge in [0, 0.05) is 0 Å². The van der Waals surface area contributed by atoms with E-state index in [0.717, 1.165) is 19.3 Å². The summed E-state index contributed by atoms with van der Waals surface area (Å²) in [5, 5.41) is 3.03. The van der Waals surface area contributed by atoms with Crippen molar-refractivity contribution in [3.8, 4) is 22.3 Å². The first kappa shape index (κ1) is 27.5. The molecular formula is C35H36Cl2SiZr. The monoisotopic (exact) mass is 644 g/mol. The second-order valence-corrected chi connectivity index (χ2v) is 26.8. The topological polar surface area (TPSA) is 0 Å². The van der Waals surface area contributed by atoms with E-state index in [1.807, 2.05) is 0 Å². The normalized spacial score (nSPS) is 16.2. The number of hydrogen-bond acceptors (Lipinski definition) is 0. The Labute approximate surface area is 247 Å². The van der Waals surface area contributed by atoms with Crippen LogP contribution in [0.15, 0.2) is 84.4 Å². The van der Waals surface area contributed by atoms with Gasteiger partial charge in [0.05, 0.1) is 0 Å². The summed E-state index contributed by atoms with van der Waals surface area (Å²) < 4.78 is 1.47. The van der Waals surface area contributed by atoms with E-state index >= 15 is 0 Å². The zero-order valence-corrected chi connectivity index (χ0v) is 28.5. The van der Waals surface area contributed by atoms with Crippen LogP contribution in [0.1, 0.15) is 65.9 Å². The summed E-state index contributed by atoms with van der Waals surface area (Å²) in [6.07, 6.45) is 7.94. The molecule has 1 atom stereocenters. The number of hydrogen-bond donors (Lipinski definition) is 0. The van der Waals surface area contributed by atoms with Crippen molar-refractivity contribution in [3.63, 3.8) is 0 Å². The maximum atomic E-state index is 7.88. The predicted molar refractivity (Wildman–Crippen MR) is 172 cm³/mol. The standard InChI is InChI=1S/C23H27.C12H9Si.2ClH.Zr/c1-4-7-10-17-15-20-14-13-19(6-3)23(22(20)16-17)21-12-9-8-11-18(21)5-2;1-3-7-11-9(5-1)10-6-2-4-8-12(10)13-11;;;/h8-9,11-16H,4-7,10H2,1-3H3;1-7H,13H2;2*1H;/q;;;;+2/p-2. The molecule has 4 heteroatoms. The summed E-state index contributed by atoms with van der Waals surface area (Å²) in [7, 11) is 15.2. The Kier molecular flexibility index (Phi) is 7.95. The molecule has 0 spiro atoms. The Morgan fingerprint density at radius 3 is 2.23 bits per heavy atom. The molecule has 4 aromatic carbocycles. The SMILES string of the molecule is CCCCC1=Cc2c(ccc(CC)c2-c2ccccc2CC)[CH]1[Zr]([Cl])([Cl])[c]1cccc2c1[SiH2]c1ccccc1-2. The Morgan fingerprint density at radius 1 is 0.744 bits per heavy atom. The van der Waals surface area contributed by atoms with Crippen LogP contribution in [0.5, 0.6) is 0 Å². The molecule has 1 aliphatic carbocycles. The van der Waals surface area contributed by atoms with Gasteiger partial charge in [-0.05, 0) is 0 Å². The number of benzene rings is 4.